The van der Waals surface area contributed by atoms with E-state index in [1.54, 1.807) is 21.3 Å². The van der Waals surface area contributed by atoms with Crippen LogP contribution in [0.1, 0.15) is 17.5 Å². The van der Waals surface area contributed by atoms with Crippen LogP contribution in [0.3, 0.4) is 0 Å². The topological polar surface area (TPSA) is 78.7 Å². The third-order valence-electron chi connectivity index (χ3n) is 5.90. The summed E-state index contributed by atoms with van der Waals surface area (Å²) in [5.74, 6) is 2.43. The Morgan fingerprint density at radius 2 is 1.82 bits per heavy atom. The van der Waals surface area contributed by atoms with Crippen molar-refractivity contribution in [1.29, 1.82) is 0 Å². The van der Waals surface area contributed by atoms with Gasteiger partial charge in [0.1, 0.15) is 0 Å². The van der Waals surface area contributed by atoms with E-state index in [2.05, 4.69) is 28.4 Å². The lowest BCUT2D eigenvalue weighted by Gasteiger charge is -2.28. The third kappa shape index (κ3) is 5.37. The van der Waals surface area contributed by atoms with Crippen molar-refractivity contribution in [1.82, 2.24) is 19.7 Å². The largest absolute Gasteiger partial charge is 0.493 e. The van der Waals surface area contributed by atoms with Crippen molar-refractivity contribution in [3.63, 3.8) is 0 Å². The average Bonchev–Trinajstić information content (AvgIpc) is 3.29. The second-order valence-corrected chi connectivity index (χ2v) is 8.94. The van der Waals surface area contributed by atoms with Crippen molar-refractivity contribution in [3.8, 4) is 22.9 Å². The Bertz CT molecular complexity index is 1130. The molecule has 0 radical (unpaired) electrons. The molecule has 8 nitrogen and oxygen atoms in total. The highest BCUT2D eigenvalue weighted by Crippen LogP contribution is 2.33. The number of aromatic nitrogens is 3. The van der Waals surface area contributed by atoms with E-state index in [-0.39, 0.29) is 5.91 Å². The second kappa shape index (κ2) is 11.4. The van der Waals surface area contributed by atoms with Gasteiger partial charge in [0, 0.05) is 38.9 Å². The van der Waals surface area contributed by atoms with E-state index in [1.165, 1.54) is 22.9 Å². The van der Waals surface area contributed by atoms with Crippen LogP contribution in [0.25, 0.3) is 11.4 Å². The summed E-state index contributed by atoms with van der Waals surface area (Å²) < 4.78 is 18.1. The molecule has 3 aromatic rings. The summed E-state index contributed by atoms with van der Waals surface area (Å²) in [6.07, 6.45) is 1.70. The number of fused-ring (bicyclic) bond motifs is 1. The first-order valence-corrected chi connectivity index (χ1v) is 12.2. The average molecular weight is 483 g/mol. The minimum atomic E-state index is 0.110. The normalized spacial score (nSPS) is 13.0. The molecule has 1 aliphatic heterocycles. The van der Waals surface area contributed by atoms with Crippen LogP contribution in [0.2, 0.25) is 0 Å². The zero-order chi connectivity index (χ0) is 23.9. The van der Waals surface area contributed by atoms with Crippen molar-refractivity contribution in [2.75, 3.05) is 40.2 Å². The van der Waals surface area contributed by atoms with Crippen LogP contribution in [0.15, 0.2) is 47.6 Å². The lowest BCUT2D eigenvalue weighted by molar-refractivity contribution is -0.129. The van der Waals surface area contributed by atoms with Gasteiger partial charge in [0.2, 0.25) is 5.91 Å². The SMILES string of the molecule is COCCCn1c(SCC(=O)N2CCc3ccccc3C2)nnc1-c1ccc(OC)c(OC)c1. The zero-order valence-electron chi connectivity index (χ0n) is 19.8. The molecule has 0 atom stereocenters. The smallest absolute Gasteiger partial charge is 0.233 e. The van der Waals surface area contributed by atoms with Gasteiger partial charge in [-0.05, 0) is 42.2 Å². The number of benzene rings is 2. The number of hydrogen-bond acceptors (Lipinski definition) is 7. The van der Waals surface area contributed by atoms with E-state index >= 15 is 0 Å². The molecule has 0 N–H and O–H groups in total. The van der Waals surface area contributed by atoms with E-state index < -0.39 is 0 Å². The predicted molar refractivity (Wildman–Crippen MR) is 131 cm³/mol. The van der Waals surface area contributed by atoms with Crippen molar-refractivity contribution >= 4 is 17.7 Å². The fourth-order valence-corrected chi connectivity index (χ4v) is 4.95. The lowest BCUT2D eigenvalue weighted by atomic mass is 10.00. The summed E-state index contributed by atoms with van der Waals surface area (Å²) in [5, 5.41) is 9.58. The molecule has 2 heterocycles. The molecule has 0 saturated heterocycles. The van der Waals surface area contributed by atoms with Gasteiger partial charge in [0.25, 0.3) is 0 Å². The molecule has 4 rings (SSSR count). The summed E-state index contributed by atoms with van der Waals surface area (Å²) >= 11 is 1.42. The fourth-order valence-electron chi connectivity index (χ4n) is 4.08. The summed E-state index contributed by atoms with van der Waals surface area (Å²) in [7, 11) is 4.90. The number of hydrogen-bond donors (Lipinski definition) is 0. The van der Waals surface area contributed by atoms with Crippen LogP contribution in [0, 0.1) is 0 Å². The van der Waals surface area contributed by atoms with Crippen LogP contribution in [-0.2, 0) is 29.0 Å². The van der Waals surface area contributed by atoms with Gasteiger partial charge < -0.3 is 23.7 Å². The van der Waals surface area contributed by atoms with E-state index in [1.807, 2.05) is 33.7 Å². The van der Waals surface area contributed by atoms with Crippen LogP contribution in [-0.4, -0.2) is 65.8 Å². The molecule has 0 unspecified atom stereocenters. The molecule has 1 aliphatic rings. The first-order chi connectivity index (χ1) is 16.6. The van der Waals surface area contributed by atoms with Crippen molar-refractivity contribution < 1.29 is 19.0 Å². The summed E-state index contributed by atoms with van der Waals surface area (Å²) in [6.45, 7) is 2.71. The van der Waals surface area contributed by atoms with E-state index in [0.29, 0.717) is 42.1 Å². The van der Waals surface area contributed by atoms with Crippen molar-refractivity contribution in [2.24, 2.45) is 0 Å². The number of carbonyl (C=O) groups excluding carboxylic acids is 1. The van der Waals surface area contributed by atoms with Gasteiger partial charge in [0.15, 0.2) is 22.5 Å². The van der Waals surface area contributed by atoms with Gasteiger partial charge in [-0.25, -0.2) is 0 Å². The number of ether oxygens (including phenoxy) is 3. The first kappa shape index (κ1) is 24.1. The minimum absolute atomic E-state index is 0.110. The van der Waals surface area contributed by atoms with Gasteiger partial charge in [-0.3, -0.25) is 4.79 Å². The van der Waals surface area contributed by atoms with E-state index in [4.69, 9.17) is 14.2 Å². The van der Waals surface area contributed by atoms with E-state index in [9.17, 15) is 4.79 Å². The second-order valence-electron chi connectivity index (χ2n) is 8.00. The maximum Gasteiger partial charge on any atom is 0.233 e. The summed E-state index contributed by atoms with van der Waals surface area (Å²) in [6, 6.07) is 14.0. The zero-order valence-corrected chi connectivity index (χ0v) is 20.6. The highest BCUT2D eigenvalue weighted by molar-refractivity contribution is 7.99. The highest BCUT2D eigenvalue weighted by atomic mass is 32.2. The highest BCUT2D eigenvalue weighted by Gasteiger charge is 2.22. The third-order valence-corrected chi connectivity index (χ3v) is 6.85. The molecule has 1 amide bonds. The maximum absolute atomic E-state index is 13.0. The van der Waals surface area contributed by atoms with Crippen LogP contribution >= 0.6 is 11.8 Å². The Hall–Kier alpha value is -3.04. The van der Waals surface area contributed by atoms with Crippen molar-refractivity contribution in [2.45, 2.75) is 31.1 Å². The van der Waals surface area contributed by atoms with Gasteiger partial charge in [-0.2, -0.15) is 0 Å². The Morgan fingerprint density at radius 3 is 2.59 bits per heavy atom. The molecule has 0 saturated carbocycles. The van der Waals surface area contributed by atoms with Crippen LogP contribution in [0.5, 0.6) is 11.5 Å². The number of thioether (sulfide) groups is 1. The van der Waals surface area contributed by atoms with Gasteiger partial charge >= 0.3 is 0 Å². The van der Waals surface area contributed by atoms with Gasteiger partial charge in [0.05, 0.1) is 20.0 Å². The number of rotatable bonds is 10. The van der Waals surface area contributed by atoms with Crippen LogP contribution < -0.4 is 9.47 Å². The Labute approximate surface area is 204 Å². The minimum Gasteiger partial charge on any atom is -0.493 e. The molecule has 1 aromatic heterocycles. The molecule has 0 fully saturated rings. The lowest BCUT2D eigenvalue weighted by Crippen LogP contribution is -2.37. The molecular weight excluding hydrogens is 452 g/mol. The summed E-state index contributed by atoms with van der Waals surface area (Å²) in [5.41, 5.74) is 3.43. The molecule has 180 valence electrons. The fraction of sp³-hybridized carbons (Fsp3) is 0.400. The molecular formula is C25H30N4O4S. The quantitative estimate of drug-likeness (QED) is 0.322. The predicted octanol–water partition coefficient (Wildman–Crippen LogP) is 3.68. The molecule has 0 aliphatic carbocycles. The summed E-state index contributed by atoms with van der Waals surface area (Å²) in [4.78, 5) is 14.9. The number of nitrogens with zero attached hydrogens (tertiary/aromatic N) is 4. The van der Waals surface area contributed by atoms with E-state index in [0.717, 1.165) is 30.8 Å². The monoisotopic (exact) mass is 482 g/mol. The van der Waals surface area contributed by atoms with Crippen molar-refractivity contribution in [3.05, 3.63) is 53.6 Å². The molecule has 2 aromatic carbocycles. The van der Waals surface area contributed by atoms with Gasteiger partial charge in [-0.1, -0.05) is 36.0 Å². The number of carbonyl (C=O) groups is 1. The molecule has 0 spiro atoms. The Balaban J connectivity index is 1.50. The number of amides is 1. The molecule has 34 heavy (non-hydrogen) atoms. The Kier molecular flexibility index (Phi) is 8.08. The number of methoxy groups -OCH3 is 3. The molecule has 0 bridgehead atoms. The van der Waals surface area contributed by atoms with Crippen LogP contribution in [0.4, 0.5) is 0 Å². The van der Waals surface area contributed by atoms with Gasteiger partial charge in [-0.15, -0.1) is 10.2 Å². The molecule has 9 heteroatoms. The standard InChI is InChI=1S/C25H30N4O4S/c1-31-14-6-12-29-24(19-9-10-21(32-2)22(15-19)33-3)26-27-25(29)34-17-23(30)28-13-11-18-7-4-5-8-20(18)16-28/h4-5,7-10,15H,6,11-14,16-17H2,1-3H3. The maximum atomic E-state index is 13.0. The Morgan fingerprint density at radius 1 is 1.03 bits per heavy atom. The first-order valence-electron chi connectivity index (χ1n) is 11.3.